The average Bonchev–Trinajstić information content (AvgIpc) is 2.04. The predicted molar refractivity (Wildman–Crippen MR) is 42.3 cm³/mol. The second-order valence-corrected chi connectivity index (χ2v) is 2.56. The minimum atomic E-state index is -0.166. The first-order chi connectivity index (χ1) is 5.36. The third kappa shape index (κ3) is 1.11. The van der Waals surface area contributed by atoms with Crippen molar-refractivity contribution in [2.75, 3.05) is 0 Å². The molecule has 1 nitrogen and oxygen atoms in total. The van der Waals surface area contributed by atoms with Crippen LogP contribution >= 0.6 is 0 Å². The molecule has 1 aliphatic rings. The van der Waals surface area contributed by atoms with Gasteiger partial charge in [-0.1, -0.05) is 6.07 Å². The molecule has 0 saturated heterocycles. The van der Waals surface area contributed by atoms with Crippen molar-refractivity contribution in [2.45, 2.75) is 6.54 Å². The van der Waals surface area contributed by atoms with E-state index < -0.39 is 0 Å². The molecule has 1 N–H and O–H groups in total. The molecule has 0 aliphatic carbocycles. The largest absolute Gasteiger partial charge is 0.387 e. The Morgan fingerprint density at radius 3 is 3.18 bits per heavy atom. The molecule has 0 atom stereocenters. The van der Waals surface area contributed by atoms with E-state index in [0.717, 1.165) is 17.7 Å². The molecular formula is C9H8FN. The lowest BCUT2D eigenvalue weighted by molar-refractivity contribution is 0.623. The molecule has 0 radical (unpaired) electrons. The van der Waals surface area contributed by atoms with E-state index in [1.54, 1.807) is 12.1 Å². The van der Waals surface area contributed by atoms with Crippen LogP contribution in [0.1, 0.15) is 11.1 Å². The number of hydrogen-bond acceptors (Lipinski definition) is 1. The SMILES string of the molecule is Fc1ccc2c(c1)CNC=C2. The Morgan fingerprint density at radius 1 is 1.36 bits per heavy atom. The summed E-state index contributed by atoms with van der Waals surface area (Å²) < 4.78 is 12.6. The van der Waals surface area contributed by atoms with Crippen LogP contribution in [-0.2, 0) is 6.54 Å². The van der Waals surface area contributed by atoms with Crippen LogP contribution in [-0.4, -0.2) is 0 Å². The van der Waals surface area contributed by atoms with E-state index in [2.05, 4.69) is 5.32 Å². The molecule has 1 aliphatic heterocycles. The van der Waals surface area contributed by atoms with Crippen molar-refractivity contribution in [3.8, 4) is 0 Å². The molecular weight excluding hydrogens is 141 g/mol. The zero-order valence-electron chi connectivity index (χ0n) is 5.97. The lowest BCUT2D eigenvalue weighted by Gasteiger charge is -2.10. The van der Waals surface area contributed by atoms with Crippen molar-refractivity contribution < 1.29 is 4.39 Å². The fraction of sp³-hybridized carbons (Fsp3) is 0.111. The highest BCUT2D eigenvalue weighted by atomic mass is 19.1. The second-order valence-electron chi connectivity index (χ2n) is 2.56. The van der Waals surface area contributed by atoms with E-state index in [0.29, 0.717) is 0 Å². The molecule has 0 spiro atoms. The summed E-state index contributed by atoms with van der Waals surface area (Å²) in [6.45, 7) is 0.726. The zero-order valence-corrected chi connectivity index (χ0v) is 5.97. The number of halogens is 1. The van der Waals surface area contributed by atoms with Gasteiger partial charge >= 0.3 is 0 Å². The monoisotopic (exact) mass is 149 g/mol. The summed E-state index contributed by atoms with van der Waals surface area (Å²) in [5, 5.41) is 3.02. The van der Waals surface area contributed by atoms with Crippen LogP contribution in [0.15, 0.2) is 24.4 Å². The third-order valence-electron chi connectivity index (χ3n) is 1.78. The summed E-state index contributed by atoms with van der Waals surface area (Å²) in [6, 6.07) is 4.84. The Labute approximate surface area is 64.5 Å². The van der Waals surface area contributed by atoms with Crippen molar-refractivity contribution in [3.63, 3.8) is 0 Å². The third-order valence-corrected chi connectivity index (χ3v) is 1.78. The number of rotatable bonds is 0. The summed E-state index contributed by atoms with van der Waals surface area (Å²) in [5.41, 5.74) is 2.12. The molecule has 0 bridgehead atoms. The van der Waals surface area contributed by atoms with Crippen molar-refractivity contribution >= 4 is 6.08 Å². The van der Waals surface area contributed by atoms with Gasteiger partial charge in [0.2, 0.25) is 0 Å². The summed E-state index contributed by atoms with van der Waals surface area (Å²) in [5.74, 6) is -0.166. The van der Waals surface area contributed by atoms with Gasteiger partial charge in [-0.2, -0.15) is 0 Å². The van der Waals surface area contributed by atoms with E-state index in [1.165, 1.54) is 6.07 Å². The molecule has 2 heteroatoms. The predicted octanol–water partition coefficient (Wildman–Crippen LogP) is 1.90. The highest BCUT2D eigenvalue weighted by molar-refractivity contribution is 5.55. The smallest absolute Gasteiger partial charge is 0.123 e. The van der Waals surface area contributed by atoms with Gasteiger partial charge in [0.25, 0.3) is 0 Å². The van der Waals surface area contributed by atoms with Crippen molar-refractivity contribution in [2.24, 2.45) is 0 Å². The van der Waals surface area contributed by atoms with E-state index in [9.17, 15) is 4.39 Å². The number of benzene rings is 1. The molecule has 0 aromatic heterocycles. The van der Waals surface area contributed by atoms with Gasteiger partial charge in [0.1, 0.15) is 5.82 Å². The van der Waals surface area contributed by atoms with Crippen LogP contribution in [0.4, 0.5) is 4.39 Å². The lowest BCUT2D eigenvalue weighted by Crippen LogP contribution is -2.10. The van der Waals surface area contributed by atoms with Gasteiger partial charge in [-0.05, 0) is 35.5 Å². The molecule has 1 aromatic carbocycles. The molecule has 0 saturated carbocycles. The van der Waals surface area contributed by atoms with Gasteiger partial charge in [-0.15, -0.1) is 0 Å². The Hall–Kier alpha value is -1.31. The molecule has 0 fully saturated rings. The topological polar surface area (TPSA) is 12.0 Å². The summed E-state index contributed by atoms with van der Waals surface area (Å²) in [7, 11) is 0. The molecule has 56 valence electrons. The van der Waals surface area contributed by atoms with Crippen LogP contribution in [0.3, 0.4) is 0 Å². The van der Waals surface area contributed by atoms with Gasteiger partial charge < -0.3 is 5.32 Å². The van der Waals surface area contributed by atoms with E-state index >= 15 is 0 Å². The van der Waals surface area contributed by atoms with Gasteiger partial charge in [0.15, 0.2) is 0 Å². The normalized spacial score (nSPS) is 13.9. The minimum Gasteiger partial charge on any atom is -0.387 e. The van der Waals surface area contributed by atoms with Crippen LogP contribution in [0.25, 0.3) is 6.08 Å². The van der Waals surface area contributed by atoms with Gasteiger partial charge in [-0.3, -0.25) is 0 Å². The van der Waals surface area contributed by atoms with Gasteiger partial charge in [0, 0.05) is 6.54 Å². The van der Waals surface area contributed by atoms with Gasteiger partial charge in [-0.25, -0.2) is 4.39 Å². The van der Waals surface area contributed by atoms with Crippen molar-refractivity contribution in [1.29, 1.82) is 0 Å². The van der Waals surface area contributed by atoms with E-state index in [1.807, 2.05) is 12.3 Å². The Kier molecular flexibility index (Phi) is 1.39. The Balaban J connectivity index is 2.53. The molecule has 0 unspecified atom stereocenters. The number of hydrogen-bond donors (Lipinski definition) is 1. The van der Waals surface area contributed by atoms with Crippen LogP contribution in [0.2, 0.25) is 0 Å². The standard InChI is InChI=1S/C9H8FN/c10-9-2-1-7-3-4-11-6-8(7)5-9/h1-5,11H,6H2. The quantitative estimate of drug-likeness (QED) is 0.594. The second kappa shape index (κ2) is 2.38. The first kappa shape index (κ1) is 6.40. The van der Waals surface area contributed by atoms with Crippen LogP contribution in [0, 0.1) is 5.82 Å². The van der Waals surface area contributed by atoms with Gasteiger partial charge in [0.05, 0.1) is 0 Å². The van der Waals surface area contributed by atoms with Crippen molar-refractivity contribution in [1.82, 2.24) is 5.32 Å². The first-order valence-electron chi connectivity index (χ1n) is 3.54. The molecule has 0 amide bonds. The summed E-state index contributed by atoms with van der Waals surface area (Å²) >= 11 is 0. The number of nitrogens with one attached hydrogen (secondary N) is 1. The maximum Gasteiger partial charge on any atom is 0.123 e. The van der Waals surface area contributed by atoms with Crippen molar-refractivity contribution in [3.05, 3.63) is 41.3 Å². The lowest BCUT2D eigenvalue weighted by atomic mass is 10.1. The summed E-state index contributed by atoms with van der Waals surface area (Å²) in [6.07, 6.45) is 3.82. The average molecular weight is 149 g/mol. The highest BCUT2D eigenvalue weighted by Gasteiger charge is 2.03. The fourth-order valence-electron chi connectivity index (χ4n) is 1.21. The van der Waals surface area contributed by atoms with Crippen LogP contribution < -0.4 is 5.32 Å². The minimum absolute atomic E-state index is 0.166. The summed E-state index contributed by atoms with van der Waals surface area (Å²) in [4.78, 5) is 0. The molecule has 11 heavy (non-hydrogen) atoms. The van der Waals surface area contributed by atoms with Crippen LogP contribution in [0.5, 0.6) is 0 Å². The number of fused-ring (bicyclic) bond motifs is 1. The Morgan fingerprint density at radius 2 is 2.27 bits per heavy atom. The Bertz CT molecular complexity index is 304. The maximum atomic E-state index is 12.6. The zero-order chi connectivity index (χ0) is 7.68. The molecule has 1 heterocycles. The molecule has 1 aromatic rings. The maximum absolute atomic E-state index is 12.6. The fourth-order valence-corrected chi connectivity index (χ4v) is 1.21. The molecule has 2 rings (SSSR count). The first-order valence-corrected chi connectivity index (χ1v) is 3.54. The van der Waals surface area contributed by atoms with E-state index in [-0.39, 0.29) is 5.82 Å². The van der Waals surface area contributed by atoms with E-state index in [4.69, 9.17) is 0 Å². The highest BCUT2D eigenvalue weighted by Crippen LogP contribution is 2.15.